The number of nitrogens with two attached hydrogens (primary N) is 1. The zero-order chi connectivity index (χ0) is 23.8. The maximum atomic E-state index is 12.5. The van der Waals surface area contributed by atoms with E-state index in [4.69, 9.17) is 5.73 Å². The largest absolute Gasteiger partial charge is 0.468 e. The summed E-state index contributed by atoms with van der Waals surface area (Å²) in [5.41, 5.74) is 7.69. The normalized spacial score (nSPS) is 16.1. The van der Waals surface area contributed by atoms with E-state index in [1.165, 1.54) is 12.0 Å². The van der Waals surface area contributed by atoms with E-state index in [0.29, 0.717) is 17.9 Å². The molecule has 1 fully saturated rings. The number of amides is 4. The Hall–Kier alpha value is -3.92. The van der Waals surface area contributed by atoms with Crippen molar-refractivity contribution in [1.29, 1.82) is 0 Å². The molecule has 2 aromatic carbocycles. The molecular weight excluding hydrogens is 426 g/mol. The Labute approximate surface area is 191 Å². The second kappa shape index (κ2) is 11.1. The van der Waals surface area contributed by atoms with Gasteiger partial charge >= 0.3 is 12.0 Å². The zero-order valence-electron chi connectivity index (χ0n) is 18.2. The number of anilines is 2. The van der Waals surface area contributed by atoms with Crippen LogP contribution in [0.5, 0.6) is 0 Å². The first kappa shape index (κ1) is 23.7. The number of ether oxygens (including phenoxy) is 1. The summed E-state index contributed by atoms with van der Waals surface area (Å²) < 4.78 is 4.53. The third-order valence-corrected chi connectivity index (χ3v) is 5.21. The van der Waals surface area contributed by atoms with Crippen LogP contribution in [0.1, 0.15) is 12.0 Å². The predicted molar refractivity (Wildman–Crippen MR) is 122 cm³/mol. The molecule has 0 aliphatic carbocycles. The van der Waals surface area contributed by atoms with Gasteiger partial charge < -0.3 is 31.3 Å². The van der Waals surface area contributed by atoms with Crippen LogP contribution in [0.25, 0.3) is 0 Å². The van der Waals surface area contributed by atoms with Crippen LogP contribution in [0, 0.1) is 5.92 Å². The number of urea groups is 1. The van der Waals surface area contributed by atoms with Gasteiger partial charge in [-0.15, -0.1) is 0 Å². The van der Waals surface area contributed by atoms with Crippen molar-refractivity contribution in [2.45, 2.75) is 19.0 Å². The van der Waals surface area contributed by atoms with Gasteiger partial charge in [0.15, 0.2) is 0 Å². The number of nitrogens with zero attached hydrogens (tertiary/aromatic N) is 1. The zero-order valence-corrected chi connectivity index (χ0v) is 18.2. The van der Waals surface area contributed by atoms with E-state index >= 15 is 0 Å². The van der Waals surface area contributed by atoms with Crippen molar-refractivity contribution >= 4 is 35.2 Å². The number of nitrogens with one attached hydrogen (secondary N) is 3. The number of benzene rings is 2. The Balaban J connectivity index is 1.54. The number of esters is 1. The maximum absolute atomic E-state index is 12.5. The molecule has 2 unspecified atom stereocenters. The summed E-state index contributed by atoms with van der Waals surface area (Å²) >= 11 is 0. The van der Waals surface area contributed by atoms with Crippen molar-refractivity contribution in [2.24, 2.45) is 11.7 Å². The van der Waals surface area contributed by atoms with E-state index in [1.807, 2.05) is 30.3 Å². The molecule has 10 nitrogen and oxygen atoms in total. The highest BCUT2D eigenvalue weighted by Crippen LogP contribution is 2.27. The fourth-order valence-electron chi connectivity index (χ4n) is 3.43. The fourth-order valence-corrected chi connectivity index (χ4v) is 3.43. The summed E-state index contributed by atoms with van der Waals surface area (Å²) in [6, 6.07) is 15.0. The van der Waals surface area contributed by atoms with Crippen LogP contribution in [-0.2, 0) is 25.7 Å². The van der Waals surface area contributed by atoms with E-state index in [0.717, 1.165) is 5.56 Å². The number of carbonyl (C=O) groups excluding carboxylic acids is 4. The maximum Gasteiger partial charge on any atom is 0.324 e. The molecule has 4 amide bonds. The fraction of sp³-hybridized carbons (Fsp3) is 0.304. The second-order valence-corrected chi connectivity index (χ2v) is 7.62. The monoisotopic (exact) mass is 453 g/mol. The van der Waals surface area contributed by atoms with Crippen LogP contribution in [-0.4, -0.2) is 50.1 Å². The minimum absolute atomic E-state index is 0.0362. The van der Waals surface area contributed by atoms with Crippen LogP contribution in [0.4, 0.5) is 16.2 Å². The van der Waals surface area contributed by atoms with Crippen molar-refractivity contribution in [2.75, 3.05) is 30.4 Å². The van der Waals surface area contributed by atoms with Gasteiger partial charge in [-0.2, -0.15) is 0 Å². The predicted octanol–water partition coefficient (Wildman–Crippen LogP) is 0.978. The van der Waals surface area contributed by atoms with E-state index < -0.39 is 17.9 Å². The van der Waals surface area contributed by atoms with Crippen LogP contribution in [0.3, 0.4) is 0 Å². The Kier molecular flexibility index (Phi) is 7.98. The number of hydrogen-bond acceptors (Lipinski definition) is 6. The average molecular weight is 453 g/mol. The Morgan fingerprint density at radius 1 is 1.12 bits per heavy atom. The molecule has 1 saturated heterocycles. The molecule has 1 aliphatic rings. The van der Waals surface area contributed by atoms with Crippen molar-refractivity contribution in [3.05, 3.63) is 60.2 Å². The quantitative estimate of drug-likeness (QED) is 0.439. The van der Waals surface area contributed by atoms with Gasteiger partial charge in [-0.1, -0.05) is 36.4 Å². The minimum atomic E-state index is -0.969. The van der Waals surface area contributed by atoms with E-state index in [-0.39, 0.29) is 37.4 Å². The summed E-state index contributed by atoms with van der Waals surface area (Å²) in [7, 11) is 1.22. The molecule has 0 spiro atoms. The molecule has 5 N–H and O–H groups in total. The highest BCUT2D eigenvalue weighted by atomic mass is 16.5. The first-order valence-corrected chi connectivity index (χ1v) is 10.5. The molecule has 0 bridgehead atoms. The molecule has 1 heterocycles. The van der Waals surface area contributed by atoms with Gasteiger partial charge in [0.2, 0.25) is 11.8 Å². The van der Waals surface area contributed by atoms with Crippen molar-refractivity contribution in [3.8, 4) is 0 Å². The molecule has 33 heavy (non-hydrogen) atoms. The van der Waals surface area contributed by atoms with E-state index in [2.05, 4.69) is 20.7 Å². The van der Waals surface area contributed by atoms with Crippen molar-refractivity contribution < 1.29 is 23.9 Å². The summed E-state index contributed by atoms with van der Waals surface area (Å²) in [5, 5.41) is 8.11. The Bertz CT molecular complexity index is 1010. The van der Waals surface area contributed by atoms with Gasteiger partial charge in [0.05, 0.1) is 13.0 Å². The summed E-state index contributed by atoms with van der Waals surface area (Å²) in [5.74, 6) is -1.78. The molecule has 1 aliphatic heterocycles. The summed E-state index contributed by atoms with van der Waals surface area (Å²) in [6.07, 6.45) is 0.0362. The van der Waals surface area contributed by atoms with Gasteiger partial charge in [0.25, 0.3) is 0 Å². The third-order valence-electron chi connectivity index (χ3n) is 5.21. The number of methoxy groups -OCH3 is 1. The first-order chi connectivity index (χ1) is 15.9. The molecule has 3 rings (SSSR count). The lowest BCUT2D eigenvalue weighted by molar-refractivity contribution is -0.142. The van der Waals surface area contributed by atoms with Gasteiger partial charge in [-0.25, -0.2) is 4.79 Å². The van der Waals surface area contributed by atoms with Crippen LogP contribution in [0.2, 0.25) is 0 Å². The van der Waals surface area contributed by atoms with Crippen LogP contribution < -0.4 is 26.6 Å². The van der Waals surface area contributed by atoms with Gasteiger partial charge in [-0.3, -0.25) is 14.4 Å². The molecular formula is C23H27N5O5. The van der Waals surface area contributed by atoms with Gasteiger partial charge in [-0.05, 0) is 23.8 Å². The topological polar surface area (TPSA) is 143 Å². The third kappa shape index (κ3) is 6.53. The summed E-state index contributed by atoms with van der Waals surface area (Å²) in [4.78, 5) is 50.0. The van der Waals surface area contributed by atoms with Gasteiger partial charge in [0, 0.05) is 37.4 Å². The van der Waals surface area contributed by atoms with E-state index in [1.54, 1.807) is 24.3 Å². The molecule has 0 saturated carbocycles. The highest BCUT2D eigenvalue weighted by Gasteiger charge is 2.35. The second-order valence-electron chi connectivity index (χ2n) is 7.62. The average Bonchev–Trinajstić information content (AvgIpc) is 3.23. The van der Waals surface area contributed by atoms with Crippen LogP contribution >= 0.6 is 0 Å². The first-order valence-electron chi connectivity index (χ1n) is 10.5. The molecule has 0 radical (unpaired) electrons. The van der Waals surface area contributed by atoms with Crippen molar-refractivity contribution in [1.82, 2.24) is 10.6 Å². The smallest absolute Gasteiger partial charge is 0.324 e. The lowest BCUT2D eigenvalue weighted by atomic mass is 10.1. The lowest BCUT2D eigenvalue weighted by Crippen LogP contribution is -2.45. The molecule has 10 heteroatoms. The van der Waals surface area contributed by atoms with Gasteiger partial charge in [0.1, 0.15) is 6.04 Å². The number of hydrogen-bond donors (Lipinski definition) is 4. The molecule has 2 atom stereocenters. The number of carbonyl (C=O) groups is 4. The molecule has 0 aromatic heterocycles. The summed E-state index contributed by atoms with van der Waals surface area (Å²) in [6.45, 7) is 0.489. The van der Waals surface area contributed by atoms with Crippen LogP contribution in [0.15, 0.2) is 54.6 Å². The Morgan fingerprint density at radius 2 is 1.88 bits per heavy atom. The lowest BCUT2D eigenvalue weighted by Gasteiger charge is -2.18. The standard InChI is InChI=1S/C23H27N5O5/c1-33-22(31)19(24)13-25-21(30)16-10-20(29)28(14-16)18-9-5-8-17(11-18)27-23(32)26-12-15-6-3-2-4-7-15/h2-9,11,16,19H,10,12-14,24H2,1H3,(H,25,30)(H2,26,27,32). The molecule has 174 valence electrons. The SMILES string of the molecule is COC(=O)C(N)CNC(=O)C1CC(=O)N(c2cccc(NC(=O)NCc3ccccc3)c2)C1. The highest BCUT2D eigenvalue weighted by molar-refractivity contribution is 6.01. The Morgan fingerprint density at radius 3 is 2.61 bits per heavy atom. The molecule has 2 aromatic rings. The van der Waals surface area contributed by atoms with E-state index in [9.17, 15) is 19.2 Å². The minimum Gasteiger partial charge on any atom is -0.468 e. The van der Waals surface area contributed by atoms with Crippen molar-refractivity contribution in [3.63, 3.8) is 0 Å². The number of rotatable bonds is 8.